The minimum absolute atomic E-state index is 0.284. The van der Waals surface area contributed by atoms with Crippen molar-refractivity contribution in [2.45, 2.75) is 32.9 Å². The minimum atomic E-state index is 0.284. The van der Waals surface area contributed by atoms with Crippen molar-refractivity contribution in [1.29, 1.82) is 0 Å². The van der Waals surface area contributed by atoms with Gasteiger partial charge in [0.25, 0.3) is 0 Å². The van der Waals surface area contributed by atoms with Crippen LogP contribution in [0.3, 0.4) is 0 Å². The number of hydrogen-bond donors (Lipinski definition) is 1. The van der Waals surface area contributed by atoms with Crippen molar-refractivity contribution in [2.24, 2.45) is 18.7 Å². The van der Waals surface area contributed by atoms with E-state index < -0.39 is 0 Å². The van der Waals surface area contributed by atoms with Crippen LogP contribution in [0.5, 0.6) is 0 Å². The van der Waals surface area contributed by atoms with Crippen molar-refractivity contribution in [1.82, 2.24) is 14.7 Å². The fourth-order valence-corrected chi connectivity index (χ4v) is 2.93. The van der Waals surface area contributed by atoms with Crippen molar-refractivity contribution in [3.63, 3.8) is 0 Å². The summed E-state index contributed by atoms with van der Waals surface area (Å²) in [5, 5.41) is 5.13. The van der Waals surface area contributed by atoms with E-state index in [4.69, 9.17) is 17.3 Å². The highest BCUT2D eigenvalue weighted by Gasteiger charge is 2.24. The van der Waals surface area contributed by atoms with E-state index in [9.17, 15) is 0 Å². The zero-order valence-electron chi connectivity index (χ0n) is 10.8. The van der Waals surface area contributed by atoms with Gasteiger partial charge in [-0.25, -0.2) is 0 Å². The van der Waals surface area contributed by atoms with Crippen molar-refractivity contribution in [3.8, 4) is 0 Å². The molecule has 2 atom stereocenters. The van der Waals surface area contributed by atoms with E-state index in [0.29, 0.717) is 5.92 Å². The molecule has 1 aliphatic heterocycles. The van der Waals surface area contributed by atoms with Gasteiger partial charge < -0.3 is 5.73 Å². The van der Waals surface area contributed by atoms with Crippen LogP contribution < -0.4 is 5.73 Å². The maximum absolute atomic E-state index is 6.26. The number of nitrogens with two attached hydrogens (primary N) is 1. The highest BCUT2D eigenvalue weighted by Crippen LogP contribution is 2.23. The van der Waals surface area contributed by atoms with Gasteiger partial charge in [-0.3, -0.25) is 9.58 Å². The molecule has 0 aliphatic carbocycles. The average Bonchev–Trinajstić information content (AvgIpc) is 2.44. The molecule has 1 aromatic rings. The molecule has 0 amide bonds. The number of nitrogens with zero attached hydrogens (tertiary/aromatic N) is 3. The standard InChI is InChI=1S/C12H21ClN4/c1-8-4-10(14)6-17(5-8)7-11-12(13)9(2)15-16(11)3/h8,10H,4-7,14H2,1-3H3. The fourth-order valence-electron chi connectivity index (χ4n) is 2.71. The number of piperidine rings is 1. The number of aryl methyl sites for hydroxylation is 2. The Kier molecular flexibility index (Phi) is 3.76. The molecule has 1 aliphatic rings. The molecule has 2 N–H and O–H groups in total. The Morgan fingerprint density at radius 2 is 2.18 bits per heavy atom. The summed E-state index contributed by atoms with van der Waals surface area (Å²) < 4.78 is 1.88. The molecule has 1 saturated heterocycles. The highest BCUT2D eigenvalue weighted by molar-refractivity contribution is 6.31. The van der Waals surface area contributed by atoms with Gasteiger partial charge in [0.05, 0.1) is 16.4 Å². The molecule has 1 aromatic heterocycles. The van der Waals surface area contributed by atoms with Gasteiger partial charge in [-0.15, -0.1) is 0 Å². The van der Waals surface area contributed by atoms with Crippen molar-refractivity contribution in [2.75, 3.05) is 13.1 Å². The van der Waals surface area contributed by atoms with Gasteiger partial charge in [-0.1, -0.05) is 18.5 Å². The lowest BCUT2D eigenvalue weighted by molar-refractivity contribution is 0.155. The molecule has 0 aromatic carbocycles. The lowest BCUT2D eigenvalue weighted by atomic mass is 9.96. The topological polar surface area (TPSA) is 47.1 Å². The molecule has 5 heteroatoms. The molecule has 1 fully saturated rings. The largest absolute Gasteiger partial charge is 0.327 e. The third-order valence-electron chi connectivity index (χ3n) is 3.40. The lowest BCUT2D eigenvalue weighted by Crippen LogP contribution is -2.46. The Balaban J connectivity index is 2.10. The summed E-state index contributed by atoms with van der Waals surface area (Å²) in [6, 6.07) is 0.284. The highest BCUT2D eigenvalue weighted by atomic mass is 35.5. The third-order valence-corrected chi connectivity index (χ3v) is 3.89. The first-order valence-corrected chi connectivity index (χ1v) is 6.51. The minimum Gasteiger partial charge on any atom is -0.327 e. The molecule has 0 bridgehead atoms. The Hall–Kier alpha value is -0.580. The van der Waals surface area contributed by atoms with E-state index >= 15 is 0 Å². The van der Waals surface area contributed by atoms with E-state index in [2.05, 4.69) is 16.9 Å². The van der Waals surface area contributed by atoms with Crippen molar-refractivity contribution >= 4 is 11.6 Å². The van der Waals surface area contributed by atoms with Crippen molar-refractivity contribution in [3.05, 3.63) is 16.4 Å². The molecular formula is C12H21ClN4. The van der Waals surface area contributed by atoms with E-state index in [1.807, 2.05) is 18.7 Å². The van der Waals surface area contributed by atoms with Gasteiger partial charge in [-0.2, -0.15) is 5.10 Å². The van der Waals surface area contributed by atoms with Crippen molar-refractivity contribution < 1.29 is 0 Å². The Morgan fingerprint density at radius 3 is 2.71 bits per heavy atom. The molecule has 0 saturated carbocycles. The van der Waals surface area contributed by atoms with Gasteiger partial charge in [0, 0.05) is 32.7 Å². The number of rotatable bonds is 2. The summed E-state index contributed by atoms with van der Waals surface area (Å²) in [4.78, 5) is 2.38. The Labute approximate surface area is 108 Å². The zero-order chi connectivity index (χ0) is 12.6. The van der Waals surface area contributed by atoms with Gasteiger partial charge in [0.2, 0.25) is 0 Å². The van der Waals surface area contributed by atoms with E-state index in [1.54, 1.807) is 0 Å². The van der Waals surface area contributed by atoms with Gasteiger partial charge >= 0.3 is 0 Å². The summed E-state index contributed by atoms with van der Waals surface area (Å²) in [7, 11) is 1.95. The smallest absolute Gasteiger partial charge is 0.0860 e. The zero-order valence-corrected chi connectivity index (χ0v) is 11.5. The average molecular weight is 257 g/mol. The Morgan fingerprint density at radius 1 is 1.47 bits per heavy atom. The molecule has 0 spiro atoms. The van der Waals surface area contributed by atoms with Gasteiger partial charge in [0.1, 0.15) is 0 Å². The van der Waals surface area contributed by atoms with Crippen LogP contribution >= 0.6 is 11.6 Å². The van der Waals surface area contributed by atoms with Crippen LogP contribution in [-0.2, 0) is 13.6 Å². The summed E-state index contributed by atoms with van der Waals surface area (Å²) in [6.45, 7) is 7.08. The second kappa shape index (κ2) is 4.96. The van der Waals surface area contributed by atoms with Crippen LogP contribution in [0.15, 0.2) is 0 Å². The molecule has 2 heterocycles. The maximum Gasteiger partial charge on any atom is 0.0860 e. The molecule has 0 radical (unpaired) electrons. The van der Waals surface area contributed by atoms with Crippen LogP contribution in [-0.4, -0.2) is 33.8 Å². The summed E-state index contributed by atoms with van der Waals surface area (Å²) in [6.07, 6.45) is 1.12. The number of likely N-dealkylation sites (tertiary alicyclic amines) is 1. The number of halogens is 1. The molecule has 4 nitrogen and oxygen atoms in total. The van der Waals surface area contributed by atoms with Crippen LogP contribution in [0.1, 0.15) is 24.7 Å². The second-order valence-corrected chi connectivity index (χ2v) is 5.64. The maximum atomic E-state index is 6.26. The predicted molar refractivity (Wildman–Crippen MR) is 70.0 cm³/mol. The molecule has 2 rings (SSSR count). The van der Waals surface area contributed by atoms with Crippen LogP contribution in [0.4, 0.5) is 0 Å². The number of aromatic nitrogens is 2. The Bertz CT molecular complexity index is 391. The first kappa shape index (κ1) is 12.9. The van der Waals surface area contributed by atoms with E-state index in [1.165, 1.54) is 0 Å². The SMILES string of the molecule is Cc1nn(C)c(CN2CC(C)CC(N)C2)c1Cl. The molecule has 17 heavy (non-hydrogen) atoms. The monoisotopic (exact) mass is 256 g/mol. The number of hydrogen-bond acceptors (Lipinski definition) is 3. The van der Waals surface area contributed by atoms with Crippen LogP contribution in [0.25, 0.3) is 0 Å². The fraction of sp³-hybridized carbons (Fsp3) is 0.750. The van der Waals surface area contributed by atoms with E-state index in [0.717, 1.165) is 42.5 Å². The molecule has 96 valence electrons. The summed E-state index contributed by atoms with van der Waals surface area (Å²) in [5.74, 6) is 0.659. The summed E-state index contributed by atoms with van der Waals surface area (Å²) >= 11 is 6.26. The lowest BCUT2D eigenvalue weighted by Gasteiger charge is -2.34. The van der Waals surface area contributed by atoms with Crippen LogP contribution in [0.2, 0.25) is 5.02 Å². The first-order valence-electron chi connectivity index (χ1n) is 6.13. The quantitative estimate of drug-likeness (QED) is 0.874. The third kappa shape index (κ3) is 2.81. The molecule has 2 unspecified atom stereocenters. The van der Waals surface area contributed by atoms with Gasteiger partial charge in [0.15, 0.2) is 0 Å². The second-order valence-electron chi connectivity index (χ2n) is 5.26. The normalized spacial score (nSPS) is 26.4. The molecular weight excluding hydrogens is 236 g/mol. The van der Waals surface area contributed by atoms with Gasteiger partial charge in [-0.05, 0) is 19.3 Å². The van der Waals surface area contributed by atoms with E-state index in [-0.39, 0.29) is 6.04 Å². The van der Waals surface area contributed by atoms with Crippen LogP contribution in [0, 0.1) is 12.8 Å². The predicted octanol–water partition coefficient (Wildman–Crippen LogP) is 1.55. The summed E-state index contributed by atoms with van der Waals surface area (Å²) in [5.41, 5.74) is 8.04. The first-order chi connectivity index (χ1) is 7.97.